The summed E-state index contributed by atoms with van der Waals surface area (Å²) in [5.41, 5.74) is 9.16. The lowest BCUT2D eigenvalue weighted by atomic mass is 9.76. The third kappa shape index (κ3) is 4.97. The quantitative estimate of drug-likeness (QED) is 0.264. The Morgan fingerprint density at radius 2 is 1.11 bits per heavy atom. The second-order valence-corrected chi connectivity index (χ2v) is 10.6. The smallest absolute Gasteiger partial charge is 0.121 e. The molecule has 1 unspecified atom stereocenters. The van der Waals surface area contributed by atoms with Crippen LogP contribution in [0.5, 0.6) is 17.2 Å². The molecule has 3 N–H and O–H groups in total. The van der Waals surface area contributed by atoms with Crippen LogP contribution in [0.15, 0.2) is 72.8 Å². The van der Waals surface area contributed by atoms with Crippen LogP contribution in [0.2, 0.25) is 0 Å². The van der Waals surface area contributed by atoms with Crippen molar-refractivity contribution in [1.82, 2.24) is 0 Å². The van der Waals surface area contributed by atoms with Gasteiger partial charge in [-0.25, -0.2) is 0 Å². The van der Waals surface area contributed by atoms with Crippen molar-refractivity contribution < 1.29 is 15.3 Å². The van der Waals surface area contributed by atoms with E-state index in [2.05, 4.69) is 56.3 Å². The minimum Gasteiger partial charge on any atom is -0.508 e. The van der Waals surface area contributed by atoms with E-state index in [0.29, 0.717) is 17.2 Å². The summed E-state index contributed by atoms with van der Waals surface area (Å²) < 4.78 is 0. The van der Waals surface area contributed by atoms with Gasteiger partial charge in [-0.15, -0.1) is 0 Å². The number of phenols is 3. The van der Waals surface area contributed by atoms with Gasteiger partial charge in [0.25, 0.3) is 0 Å². The summed E-state index contributed by atoms with van der Waals surface area (Å²) in [6, 6.07) is 24.6. The third-order valence-corrected chi connectivity index (χ3v) is 7.57. The maximum absolute atomic E-state index is 10.2. The van der Waals surface area contributed by atoms with Gasteiger partial charge in [-0.2, -0.15) is 0 Å². The predicted molar refractivity (Wildman–Crippen MR) is 147 cm³/mol. The number of hydrogen-bond acceptors (Lipinski definition) is 3. The molecule has 0 amide bonds. The van der Waals surface area contributed by atoms with Crippen molar-refractivity contribution in [2.45, 2.75) is 59.3 Å². The van der Waals surface area contributed by atoms with E-state index in [1.165, 1.54) is 16.7 Å². The molecular weight excluding hydrogens is 444 g/mol. The summed E-state index contributed by atoms with van der Waals surface area (Å²) in [5, 5.41) is 30.3. The SMILES string of the molecule is Cc1cc(CC(c2ccc(C(C)(C)c3cc(C)c(O)c(C)c3)cc2)c2ccc(O)c(C)c2)ccc1O. The van der Waals surface area contributed by atoms with E-state index in [9.17, 15) is 15.3 Å². The van der Waals surface area contributed by atoms with Crippen molar-refractivity contribution in [2.24, 2.45) is 0 Å². The average molecular weight is 481 g/mol. The second-order valence-electron chi connectivity index (χ2n) is 10.6. The molecule has 0 aliphatic rings. The van der Waals surface area contributed by atoms with E-state index in [-0.39, 0.29) is 11.3 Å². The summed E-state index contributed by atoms with van der Waals surface area (Å²) in [6.07, 6.45) is 0.782. The Bertz CT molecular complexity index is 1370. The Labute approximate surface area is 214 Å². The molecule has 4 rings (SSSR count). The predicted octanol–water partition coefficient (Wildman–Crippen LogP) is 7.74. The number of rotatable bonds is 6. The highest BCUT2D eigenvalue weighted by Gasteiger charge is 2.25. The lowest BCUT2D eigenvalue weighted by Gasteiger charge is -2.28. The molecule has 0 aromatic heterocycles. The van der Waals surface area contributed by atoms with Gasteiger partial charge in [0.1, 0.15) is 17.2 Å². The van der Waals surface area contributed by atoms with Crippen LogP contribution in [0.3, 0.4) is 0 Å². The molecule has 0 heterocycles. The maximum atomic E-state index is 10.2. The number of benzene rings is 4. The van der Waals surface area contributed by atoms with Crippen LogP contribution >= 0.6 is 0 Å². The standard InChI is InChI=1S/C33H36O3/c1-20-15-24(7-13-30(20)34)19-29(26-10-14-31(35)21(2)16-26)25-8-11-27(12-9-25)33(5,6)28-17-22(3)32(36)23(4)18-28/h7-18,29,34-36H,19H2,1-6H3. The van der Waals surface area contributed by atoms with E-state index < -0.39 is 0 Å². The highest BCUT2D eigenvalue weighted by atomic mass is 16.3. The molecule has 0 saturated heterocycles. The van der Waals surface area contributed by atoms with Crippen LogP contribution in [0.4, 0.5) is 0 Å². The first kappa shape index (κ1) is 25.4. The Morgan fingerprint density at radius 3 is 1.67 bits per heavy atom. The molecular formula is C33H36O3. The third-order valence-electron chi connectivity index (χ3n) is 7.57. The van der Waals surface area contributed by atoms with Crippen LogP contribution in [0.1, 0.15) is 69.8 Å². The van der Waals surface area contributed by atoms with E-state index in [4.69, 9.17) is 0 Å². The maximum Gasteiger partial charge on any atom is 0.121 e. The lowest BCUT2D eigenvalue weighted by molar-refractivity contribution is 0.465. The molecule has 4 aromatic rings. The average Bonchev–Trinajstić information content (AvgIpc) is 2.84. The second kappa shape index (κ2) is 9.73. The van der Waals surface area contributed by atoms with Crippen molar-refractivity contribution in [3.05, 3.63) is 123 Å². The van der Waals surface area contributed by atoms with Crippen LogP contribution in [-0.2, 0) is 11.8 Å². The summed E-state index contributed by atoms with van der Waals surface area (Å²) >= 11 is 0. The molecule has 0 aliphatic carbocycles. The summed E-state index contributed by atoms with van der Waals surface area (Å²) in [5.74, 6) is 1.07. The van der Waals surface area contributed by atoms with E-state index in [1.54, 1.807) is 12.1 Å². The summed E-state index contributed by atoms with van der Waals surface area (Å²) in [4.78, 5) is 0. The van der Waals surface area contributed by atoms with Crippen LogP contribution in [0.25, 0.3) is 0 Å². The first-order valence-corrected chi connectivity index (χ1v) is 12.5. The summed E-state index contributed by atoms with van der Waals surface area (Å²) in [6.45, 7) is 12.2. The molecule has 1 atom stereocenters. The van der Waals surface area contributed by atoms with Gasteiger partial charge in [-0.3, -0.25) is 0 Å². The molecule has 0 radical (unpaired) electrons. The van der Waals surface area contributed by atoms with Gasteiger partial charge in [-0.05, 0) is 96.3 Å². The van der Waals surface area contributed by atoms with Crippen molar-refractivity contribution >= 4 is 0 Å². The first-order valence-electron chi connectivity index (χ1n) is 12.5. The summed E-state index contributed by atoms with van der Waals surface area (Å²) in [7, 11) is 0. The lowest BCUT2D eigenvalue weighted by Crippen LogP contribution is -2.19. The van der Waals surface area contributed by atoms with Gasteiger partial charge >= 0.3 is 0 Å². The van der Waals surface area contributed by atoms with Crippen molar-refractivity contribution in [1.29, 1.82) is 0 Å². The van der Waals surface area contributed by atoms with E-state index in [1.807, 2.05) is 45.9 Å². The molecule has 0 fully saturated rings. The molecule has 3 heteroatoms. The highest BCUT2D eigenvalue weighted by Crippen LogP contribution is 2.37. The number of phenolic OH excluding ortho intramolecular Hbond substituents is 3. The van der Waals surface area contributed by atoms with Crippen LogP contribution in [-0.4, -0.2) is 15.3 Å². The van der Waals surface area contributed by atoms with Gasteiger partial charge in [0.15, 0.2) is 0 Å². The van der Waals surface area contributed by atoms with Gasteiger partial charge in [0.05, 0.1) is 0 Å². The fourth-order valence-corrected chi connectivity index (χ4v) is 5.02. The number of aromatic hydroxyl groups is 3. The molecule has 0 saturated carbocycles. The van der Waals surface area contributed by atoms with Crippen LogP contribution in [0, 0.1) is 27.7 Å². The minimum atomic E-state index is -0.222. The Kier molecular flexibility index (Phi) is 6.86. The zero-order valence-corrected chi connectivity index (χ0v) is 22.1. The zero-order valence-electron chi connectivity index (χ0n) is 22.1. The Balaban J connectivity index is 1.73. The normalized spacial score (nSPS) is 12.5. The van der Waals surface area contributed by atoms with Crippen molar-refractivity contribution in [2.75, 3.05) is 0 Å². The topological polar surface area (TPSA) is 60.7 Å². The van der Waals surface area contributed by atoms with Gasteiger partial charge < -0.3 is 15.3 Å². The van der Waals surface area contributed by atoms with E-state index in [0.717, 1.165) is 39.8 Å². The fraction of sp³-hybridized carbons (Fsp3) is 0.273. The van der Waals surface area contributed by atoms with Crippen molar-refractivity contribution in [3.63, 3.8) is 0 Å². The Hall–Kier alpha value is -3.72. The zero-order chi connectivity index (χ0) is 26.2. The van der Waals surface area contributed by atoms with Crippen molar-refractivity contribution in [3.8, 4) is 17.2 Å². The van der Waals surface area contributed by atoms with Crippen LogP contribution < -0.4 is 0 Å². The van der Waals surface area contributed by atoms with E-state index >= 15 is 0 Å². The fourth-order valence-electron chi connectivity index (χ4n) is 5.02. The monoisotopic (exact) mass is 480 g/mol. The molecule has 0 bridgehead atoms. The molecule has 4 aromatic carbocycles. The number of aryl methyl sites for hydroxylation is 4. The number of hydrogen-bond donors (Lipinski definition) is 3. The Morgan fingerprint density at radius 1 is 0.583 bits per heavy atom. The highest BCUT2D eigenvalue weighted by molar-refractivity contribution is 5.49. The molecule has 36 heavy (non-hydrogen) atoms. The van der Waals surface area contributed by atoms with Gasteiger partial charge in [0, 0.05) is 11.3 Å². The first-order chi connectivity index (χ1) is 17.0. The molecule has 186 valence electrons. The molecule has 0 aliphatic heterocycles. The molecule has 0 spiro atoms. The largest absolute Gasteiger partial charge is 0.508 e. The minimum absolute atomic E-state index is 0.101. The molecule has 3 nitrogen and oxygen atoms in total. The van der Waals surface area contributed by atoms with Gasteiger partial charge in [-0.1, -0.05) is 74.5 Å². The van der Waals surface area contributed by atoms with Gasteiger partial charge in [0.2, 0.25) is 0 Å².